The Labute approximate surface area is 109 Å². The van der Waals surface area contributed by atoms with E-state index in [1.54, 1.807) is 24.1 Å². The highest BCUT2D eigenvalue weighted by Gasteiger charge is 2.11. The number of carbonyl (C=O) groups excluding carboxylic acids is 1. The SMILES string of the molecule is Cc1ccc(C(=O)CN(C)CCS(C)(=O)=O)cc1. The number of ketones is 1. The van der Waals surface area contributed by atoms with E-state index in [0.717, 1.165) is 5.56 Å². The van der Waals surface area contributed by atoms with Crippen molar-refractivity contribution in [3.05, 3.63) is 35.4 Å². The zero-order valence-electron chi connectivity index (χ0n) is 11.0. The van der Waals surface area contributed by atoms with Crippen LogP contribution in [0.2, 0.25) is 0 Å². The Hall–Kier alpha value is -1.20. The molecule has 0 N–H and O–H groups in total. The molecule has 0 saturated carbocycles. The number of sulfone groups is 1. The molecule has 0 saturated heterocycles. The van der Waals surface area contributed by atoms with Crippen LogP contribution in [0.25, 0.3) is 0 Å². The molecule has 0 fully saturated rings. The van der Waals surface area contributed by atoms with Gasteiger partial charge in [-0.3, -0.25) is 9.69 Å². The maximum Gasteiger partial charge on any atom is 0.176 e. The second-order valence-electron chi connectivity index (χ2n) is 4.66. The molecule has 100 valence electrons. The Bertz CT molecular complexity index is 506. The molecule has 18 heavy (non-hydrogen) atoms. The monoisotopic (exact) mass is 269 g/mol. The summed E-state index contributed by atoms with van der Waals surface area (Å²) in [6.45, 7) is 2.57. The third kappa shape index (κ3) is 5.42. The van der Waals surface area contributed by atoms with Crippen molar-refractivity contribution in [3.8, 4) is 0 Å². The molecule has 0 spiro atoms. The number of benzene rings is 1. The summed E-state index contributed by atoms with van der Waals surface area (Å²) in [6.07, 6.45) is 1.20. The van der Waals surface area contributed by atoms with Gasteiger partial charge in [0.05, 0.1) is 12.3 Å². The minimum atomic E-state index is -2.98. The minimum Gasteiger partial charge on any atom is -0.298 e. The van der Waals surface area contributed by atoms with Crippen LogP contribution in [0.5, 0.6) is 0 Å². The van der Waals surface area contributed by atoms with Crippen LogP contribution in [-0.4, -0.2) is 51.2 Å². The second-order valence-corrected chi connectivity index (χ2v) is 6.92. The molecular formula is C13H19NO3S. The van der Waals surface area contributed by atoms with Gasteiger partial charge < -0.3 is 0 Å². The second kappa shape index (κ2) is 6.11. The van der Waals surface area contributed by atoms with Gasteiger partial charge in [-0.25, -0.2) is 8.42 Å². The van der Waals surface area contributed by atoms with E-state index in [-0.39, 0.29) is 18.1 Å². The van der Waals surface area contributed by atoms with E-state index in [2.05, 4.69) is 0 Å². The van der Waals surface area contributed by atoms with Crippen LogP contribution < -0.4 is 0 Å². The lowest BCUT2D eigenvalue weighted by atomic mass is 10.1. The van der Waals surface area contributed by atoms with Crippen LogP contribution in [0.1, 0.15) is 15.9 Å². The van der Waals surface area contributed by atoms with Crippen molar-refractivity contribution in [2.45, 2.75) is 6.92 Å². The van der Waals surface area contributed by atoms with Crippen LogP contribution in [0, 0.1) is 6.92 Å². The number of aryl methyl sites for hydroxylation is 1. The average Bonchev–Trinajstić information content (AvgIpc) is 2.26. The highest BCUT2D eigenvalue weighted by Crippen LogP contribution is 2.04. The molecule has 0 bridgehead atoms. The summed E-state index contributed by atoms with van der Waals surface area (Å²) >= 11 is 0. The van der Waals surface area contributed by atoms with Gasteiger partial charge >= 0.3 is 0 Å². The smallest absolute Gasteiger partial charge is 0.176 e. The highest BCUT2D eigenvalue weighted by molar-refractivity contribution is 7.90. The number of rotatable bonds is 6. The molecule has 1 aromatic rings. The Morgan fingerprint density at radius 1 is 1.22 bits per heavy atom. The van der Waals surface area contributed by atoms with E-state index < -0.39 is 9.84 Å². The molecule has 0 aromatic heterocycles. The van der Waals surface area contributed by atoms with Crippen molar-refractivity contribution in [3.63, 3.8) is 0 Å². The Morgan fingerprint density at radius 2 is 1.78 bits per heavy atom. The Morgan fingerprint density at radius 3 is 2.28 bits per heavy atom. The van der Waals surface area contributed by atoms with E-state index in [4.69, 9.17) is 0 Å². The molecule has 0 aliphatic heterocycles. The molecule has 0 atom stereocenters. The van der Waals surface area contributed by atoms with Crippen molar-refractivity contribution in [2.24, 2.45) is 0 Å². The lowest BCUT2D eigenvalue weighted by Crippen LogP contribution is -2.30. The Balaban J connectivity index is 2.52. The summed E-state index contributed by atoms with van der Waals surface area (Å²) in [7, 11) is -1.23. The van der Waals surface area contributed by atoms with Crippen LogP contribution in [0.3, 0.4) is 0 Å². The molecule has 0 unspecified atom stereocenters. The van der Waals surface area contributed by atoms with Crippen molar-refractivity contribution < 1.29 is 13.2 Å². The molecule has 5 heteroatoms. The van der Waals surface area contributed by atoms with Gasteiger partial charge in [0.2, 0.25) is 0 Å². The van der Waals surface area contributed by atoms with Crippen LogP contribution in [0.15, 0.2) is 24.3 Å². The van der Waals surface area contributed by atoms with Gasteiger partial charge in [0.1, 0.15) is 9.84 Å². The van der Waals surface area contributed by atoms with Crippen LogP contribution in [-0.2, 0) is 9.84 Å². The van der Waals surface area contributed by atoms with Crippen molar-refractivity contribution >= 4 is 15.6 Å². The molecule has 0 aliphatic carbocycles. The number of carbonyl (C=O) groups is 1. The maximum atomic E-state index is 11.9. The zero-order valence-corrected chi connectivity index (χ0v) is 11.8. The van der Waals surface area contributed by atoms with E-state index in [9.17, 15) is 13.2 Å². The van der Waals surface area contributed by atoms with Gasteiger partial charge in [-0.15, -0.1) is 0 Å². The number of likely N-dealkylation sites (N-methyl/N-ethyl adjacent to an activating group) is 1. The van der Waals surface area contributed by atoms with Crippen molar-refractivity contribution in [1.82, 2.24) is 4.90 Å². The predicted octanol–water partition coefficient (Wildman–Crippen LogP) is 1.15. The summed E-state index contributed by atoms with van der Waals surface area (Å²) in [5, 5.41) is 0. The fourth-order valence-corrected chi connectivity index (χ4v) is 2.12. The quantitative estimate of drug-likeness (QED) is 0.727. The first-order valence-electron chi connectivity index (χ1n) is 5.74. The first kappa shape index (κ1) is 14.9. The third-order valence-corrected chi connectivity index (χ3v) is 3.56. The maximum absolute atomic E-state index is 11.9. The highest BCUT2D eigenvalue weighted by atomic mass is 32.2. The number of Topliss-reactive ketones (excluding diaryl/α,β-unsaturated/α-hetero) is 1. The van der Waals surface area contributed by atoms with Crippen LogP contribution in [0.4, 0.5) is 0 Å². The molecule has 0 aliphatic rings. The third-order valence-electron chi connectivity index (χ3n) is 2.63. The first-order valence-corrected chi connectivity index (χ1v) is 7.80. The molecular weight excluding hydrogens is 250 g/mol. The summed E-state index contributed by atoms with van der Waals surface area (Å²) in [5.41, 5.74) is 1.77. The normalized spacial score (nSPS) is 11.8. The van der Waals surface area contributed by atoms with Gasteiger partial charge in [0, 0.05) is 18.4 Å². The van der Waals surface area contributed by atoms with Gasteiger partial charge in [-0.05, 0) is 14.0 Å². The molecule has 0 radical (unpaired) electrons. The topological polar surface area (TPSA) is 54.5 Å². The van der Waals surface area contributed by atoms with E-state index >= 15 is 0 Å². The number of nitrogens with zero attached hydrogens (tertiary/aromatic N) is 1. The van der Waals surface area contributed by atoms with Gasteiger partial charge in [0.15, 0.2) is 5.78 Å². The van der Waals surface area contributed by atoms with E-state index in [0.29, 0.717) is 12.1 Å². The number of hydrogen-bond acceptors (Lipinski definition) is 4. The molecule has 0 amide bonds. The molecule has 0 heterocycles. The van der Waals surface area contributed by atoms with E-state index in [1.165, 1.54) is 6.26 Å². The van der Waals surface area contributed by atoms with Gasteiger partial charge in [-0.2, -0.15) is 0 Å². The Kier molecular flexibility index (Phi) is 5.04. The largest absolute Gasteiger partial charge is 0.298 e. The summed E-state index contributed by atoms with van der Waals surface area (Å²) in [4.78, 5) is 13.6. The van der Waals surface area contributed by atoms with Crippen molar-refractivity contribution in [2.75, 3.05) is 32.1 Å². The first-order chi connectivity index (χ1) is 8.28. The molecule has 1 aromatic carbocycles. The fourth-order valence-electron chi connectivity index (χ4n) is 1.48. The lowest BCUT2D eigenvalue weighted by Gasteiger charge is -2.14. The van der Waals surface area contributed by atoms with E-state index in [1.807, 2.05) is 19.1 Å². The molecule has 1 rings (SSSR count). The lowest BCUT2D eigenvalue weighted by molar-refractivity contribution is 0.0949. The summed E-state index contributed by atoms with van der Waals surface area (Å²) in [6, 6.07) is 7.37. The average molecular weight is 269 g/mol. The van der Waals surface area contributed by atoms with Crippen LogP contribution >= 0.6 is 0 Å². The zero-order chi connectivity index (χ0) is 13.8. The predicted molar refractivity (Wildman–Crippen MR) is 72.7 cm³/mol. The summed E-state index contributed by atoms with van der Waals surface area (Å²) in [5.74, 6) is 0.0796. The van der Waals surface area contributed by atoms with Crippen molar-refractivity contribution in [1.29, 1.82) is 0 Å². The minimum absolute atomic E-state index is 0.00556. The standard InChI is InChI=1S/C13H19NO3S/c1-11-4-6-12(7-5-11)13(15)10-14(2)8-9-18(3,16)17/h4-7H,8-10H2,1-3H3. The van der Waals surface area contributed by atoms with Gasteiger partial charge in [-0.1, -0.05) is 29.8 Å². The fraction of sp³-hybridized carbons (Fsp3) is 0.462. The number of hydrogen-bond donors (Lipinski definition) is 0. The summed E-state index contributed by atoms with van der Waals surface area (Å²) < 4.78 is 22.0. The van der Waals surface area contributed by atoms with Gasteiger partial charge in [0.25, 0.3) is 0 Å². The molecule has 4 nitrogen and oxygen atoms in total.